The Morgan fingerprint density at radius 2 is 2.12 bits per heavy atom. The van der Waals surface area contributed by atoms with Crippen molar-refractivity contribution in [2.24, 2.45) is 5.41 Å². The highest BCUT2D eigenvalue weighted by atomic mass is 32.2. The van der Waals surface area contributed by atoms with E-state index in [0.717, 1.165) is 11.5 Å². The molecule has 0 aliphatic carbocycles. The molecule has 84 valence electrons. The molecule has 0 aromatic carbocycles. The summed E-state index contributed by atoms with van der Waals surface area (Å²) in [6, 6.07) is 4.24. The molecule has 5 heteroatoms. The minimum Gasteiger partial charge on any atom is -0.494 e. The van der Waals surface area contributed by atoms with Crippen molar-refractivity contribution in [2.75, 3.05) is 19.0 Å². The van der Waals surface area contributed by atoms with Crippen molar-refractivity contribution in [1.82, 2.24) is 0 Å². The van der Waals surface area contributed by atoms with Crippen molar-refractivity contribution in [3.05, 3.63) is 11.2 Å². The number of fused-ring (bicyclic) bond motifs is 1. The Balaban J connectivity index is 2.11. The molecule has 0 amide bonds. The summed E-state index contributed by atoms with van der Waals surface area (Å²) >= 11 is 1.67. The van der Waals surface area contributed by atoms with Crippen LogP contribution in [0.2, 0.25) is 0 Å². The fourth-order valence-corrected chi connectivity index (χ4v) is 2.71. The van der Waals surface area contributed by atoms with Crippen LogP contribution in [0.15, 0.2) is 11.2 Å². The first kappa shape index (κ1) is 11.3. The van der Waals surface area contributed by atoms with E-state index in [1.165, 1.54) is 0 Å². The Bertz CT molecular complexity index is 364. The van der Waals surface area contributed by atoms with Crippen LogP contribution in [0.1, 0.15) is 12.8 Å². The Morgan fingerprint density at radius 1 is 1.38 bits per heavy atom. The van der Waals surface area contributed by atoms with Crippen LogP contribution < -0.4 is 0 Å². The molecule has 16 heavy (non-hydrogen) atoms. The third kappa shape index (κ3) is 2.16. The third-order valence-electron chi connectivity index (χ3n) is 2.81. The zero-order chi connectivity index (χ0) is 11.4. The molecule has 2 rings (SSSR count). The molecule has 0 N–H and O–H groups in total. The van der Waals surface area contributed by atoms with Gasteiger partial charge in [-0.1, -0.05) is 0 Å². The van der Waals surface area contributed by atoms with Crippen LogP contribution in [0.25, 0.3) is 0 Å². The number of nitrogens with zero attached hydrogens (tertiary/aromatic N) is 2. The van der Waals surface area contributed by atoms with Gasteiger partial charge in [0.25, 0.3) is 0 Å². The third-order valence-corrected chi connectivity index (χ3v) is 3.70. The molecule has 1 atom stereocenters. The summed E-state index contributed by atoms with van der Waals surface area (Å²) in [5.74, 6) is 1.72. The standard InChI is InChI=1S/C11H12N2O2S/c12-3-1-11(2-4-13)7-14-9-5-16-6-10(9)15-8-11/h5,10H,1-2,6-8H2. The summed E-state index contributed by atoms with van der Waals surface area (Å²) in [5, 5.41) is 19.6. The molecule has 0 aromatic rings. The van der Waals surface area contributed by atoms with Crippen LogP contribution in [0, 0.1) is 28.1 Å². The normalized spacial score (nSPS) is 26.6. The Kier molecular flexibility index (Phi) is 3.38. The lowest BCUT2D eigenvalue weighted by Gasteiger charge is -2.25. The van der Waals surface area contributed by atoms with E-state index in [4.69, 9.17) is 20.0 Å². The molecule has 0 radical (unpaired) electrons. The number of thioether (sulfide) groups is 1. The van der Waals surface area contributed by atoms with Gasteiger partial charge in [0.05, 0.1) is 30.8 Å². The van der Waals surface area contributed by atoms with Crippen molar-refractivity contribution < 1.29 is 9.47 Å². The predicted octanol–water partition coefficient (Wildman–Crippen LogP) is 1.80. The fourth-order valence-electron chi connectivity index (χ4n) is 1.79. The zero-order valence-corrected chi connectivity index (χ0v) is 9.63. The van der Waals surface area contributed by atoms with Gasteiger partial charge in [0.15, 0.2) is 0 Å². The smallest absolute Gasteiger partial charge is 0.132 e. The van der Waals surface area contributed by atoms with E-state index in [9.17, 15) is 0 Å². The zero-order valence-electron chi connectivity index (χ0n) is 8.81. The van der Waals surface area contributed by atoms with E-state index in [2.05, 4.69) is 12.1 Å². The van der Waals surface area contributed by atoms with Gasteiger partial charge in [-0.25, -0.2) is 0 Å². The number of hydrogen-bond acceptors (Lipinski definition) is 5. The topological polar surface area (TPSA) is 66.0 Å². The van der Waals surface area contributed by atoms with E-state index in [0.29, 0.717) is 26.1 Å². The largest absolute Gasteiger partial charge is 0.494 e. The van der Waals surface area contributed by atoms with Crippen LogP contribution in [-0.4, -0.2) is 25.1 Å². The van der Waals surface area contributed by atoms with Gasteiger partial charge in [0.2, 0.25) is 0 Å². The summed E-state index contributed by atoms with van der Waals surface area (Å²) in [7, 11) is 0. The number of hydrogen-bond donors (Lipinski definition) is 0. The van der Waals surface area contributed by atoms with Gasteiger partial charge in [-0.3, -0.25) is 0 Å². The molecule has 1 unspecified atom stereocenters. The SMILES string of the molecule is N#CCC1(CC#N)COC2=CSCC2OC1. The van der Waals surface area contributed by atoms with Crippen molar-refractivity contribution in [3.63, 3.8) is 0 Å². The van der Waals surface area contributed by atoms with Gasteiger partial charge < -0.3 is 9.47 Å². The van der Waals surface area contributed by atoms with Crippen LogP contribution in [0.4, 0.5) is 0 Å². The van der Waals surface area contributed by atoms with Crippen LogP contribution >= 0.6 is 11.8 Å². The Hall–Kier alpha value is -1.17. The van der Waals surface area contributed by atoms with Gasteiger partial charge in [-0.15, -0.1) is 11.8 Å². The molecule has 2 heterocycles. The van der Waals surface area contributed by atoms with Crippen molar-refractivity contribution in [1.29, 1.82) is 10.5 Å². The van der Waals surface area contributed by atoms with Gasteiger partial charge in [-0.2, -0.15) is 10.5 Å². The molecule has 0 aromatic heterocycles. The summed E-state index contributed by atoms with van der Waals surface area (Å²) in [5.41, 5.74) is -0.459. The summed E-state index contributed by atoms with van der Waals surface area (Å²) in [4.78, 5) is 0. The average Bonchev–Trinajstić information content (AvgIpc) is 2.66. The van der Waals surface area contributed by atoms with Gasteiger partial charge in [0, 0.05) is 24.0 Å². The van der Waals surface area contributed by atoms with Crippen molar-refractivity contribution in [3.8, 4) is 12.1 Å². The second-order valence-corrected chi connectivity index (χ2v) is 5.01. The highest BCUT2D eigenvalue weighted by Crippen LogP contribution is 2.36. The van der Waals surface area contributed by atoms with Gasteiger partial charge >= 0.3 is 0 Å². The first-order chi connectivity index (χ1) is 7.79. The maximum Gasteiger partial charge on any atom is 0.132 e. The van der Waals surface area contributed by atoms with E-state index < -0.39 is 5.41 Å². The number of rotatable bonds is 2. The first-order valence-corrected chi connectivity index (χ1v) is 6.14. The van der Waals surface area contributed by atoms with E-state index in [1.54, 1.807) is 11.8 Å². The summed E-state index contributed by atoms with van der Waals surface area (Å²) in [6.45, 7) is 0.827. The molecule has 2 aliphatic rings. The molecule has 2 aliphatic heterocycles. The van der Waals surface area contributed by atoms with Crippen LogP contribution in [-0.2, 0) is 9.47 Å². The maximum atomic E-state index is 8.82. The molecule has 0 spiro atoms. The quantitative estimate of drug-likeness (QED) is 0.731. The molecule has 0 saturated carbocycles. The van der Waals surface area contributed by atoms with Crippen molar-refractivity contribution >= 4 is 11.8 Å². The summed E-state index contributed by atoms with van der Waals surface area (Å²) < 4.78 is 11.4. The average molecular weight is 236 g/mol. The highest BCUT2D eigenvalue weighted by molar-refractivity contribution is 8.02. The minimum atomic E-state index is -0.459. The van der Waals surface area contributed by atoms with E-state index >= 15 is 0 Å². The summed E-state index contributed by atoms with van der Waals surface area (Å²) in [6.07, 6.45) is 0.603. The second-order valence-electron chi connectivity index (χ2n) is 4.11. The highest BCUT2D eigenvalue weighted by Gasteiger charge is 2.38. The van der Waals surface area contributed by atoms with E-state index in [-0.39, 0.29) is 6.10 Å². The van der Waals surface area contributed by atoms with Crippen LogP contribution in [0.5, 0.6) is 0 Å². The van der Waals surface area contributed by atoms with E-state index in [1.807, 2.05) is 5.41 Å². The molecular formula is C11H12N2O2S. The molecule has 1 fully saturated rings. The fraction of sp³-hybridized carbons (Fsp3) is 0.636. The predicted molar refractivity (Wildman–Crippen MR) is 59.1 cm³/mol. The number of nitriles is 2. The monoisotopic (exact) mass is 236 g/mol. The Morgan fingerprint density at radius 3 is 2.81 bits per heavy atom. The Labute approximate surface area is 98.8 Å². The molecule has 1 saturated heterocycles. The van der Waals surface area contributed by atoms with Crippen molar-refractivity contribution in [2.45, 2.75) is 18.9 Å². The lowest BCUT2D eigenvalue weighted by atomic mass is 9.84. The lowest BCUT2D eigenvalue weighted by Crippen LogP contribution is -2.30. The lowest BCUT2D eigenvalue weighted by molar-refractivity contribution is 0.0353. The number of ether oxygens (including phenoxy) is 2. The first-order valence-electron chi connectivity index (χ1n) is 5.10. The van der Waals surface area contributed by atoms with Crippen LogP contribution in [0.3, 0.4) is 0 Å². The maximum absolute atomic E-state index is 8.82. The van der Waals surface area contributed by atoms with Gasteiger partial charge in [0.1, 0.15) is 11.9 Å². The minimum absolute atomic E-state index is 0.00395. The molecular weight excluding hydrogens is 224 g/mol. The molecule has 4 nitrogen and oxygen atoms in total. The second kappa shape index (κ2) is 4.78. The van der Waals surface area contributed by atoms with Gasteiger partial charge in [-0.05, 0) is 0 Å². The molecule has 0 bridgehead atoms.